The molecule has 0 aromatic heterocycles. The molecule has 0 N–H and O–H groups in total. The molecule has 0 atom stereocenters. The van der Waals surface area contributed by atoms with Crippen LogP contribution in [0.2, 0.25) is 0 Å². The number of rotatable bonds is 3. The first kappa shape index (κ1) is 13.1. The van der Waals surface area contributed by atoms with E-state index in [0.29, 0.717) is 0 Å². The molecular weight excluding hydrogens is 258 g/mol. The van der Waals surface area contributed by atoms with Crippen LogP contribution in [0.25, 0.3) is 0 Å². The Kier molecular flexibility index (Phi) is 23.6. The van der Waals surface area contributed by atoms with Crippen molar-refractivity contribution in [2.75, 3.05) is 0 Å². The Morgan fingerprint density at radius 1 is 1.33 bits per heavy atom. The van der Waals surface area contributed by atoms with Crippen LogP contribution >= 0.6 is 17.2 Å². The average molecular weight is 272 g/mol. The molecule has 9 heavy (non-hydrogen) atoms. The van der Waals surface area contributed by atoms with E-state index in [1.165, 1.54) is 19.3 Å². The summed E-state index contributed by atoms with van der Waals surface area (Å²) >= 11 is -1.07. The van der Waals surface area contributed by atoms with Crippen molar-refractivity contribution in [3.63, 3.8) is 0 Å². The second-order valence-electron chi connectivity index (χ2n) is 1.66. The van der Waals surface area contributed by atoms with Crippen molar-refractivity contribution in [1.82, 2.24) is 0 Å². The predicted molar refractivity (Wildman–Crippen MR) is 48.4 cm³/mol. The summed E-state index contributed by atoms with van der Waals surface area (Å²) in [6, 6.07) is 0. The minimum absolute atomic E-state index is 1.07. The molecule has 0 aromatic rings. The van der Waals surface area contributed by atoms with Crippen LogP contribution in [0.3, 0.4) is 0 Å². The first-order chi connectivity index (χ1) is 4.33. The number of hydrogen-bond donors (Lipinski definition) is 0. The molecule has 0 nitrogen and oxygen atoms in total. The van der Waals surface area contributed by atoms with Gasteiger partial charge in [0.2, 0.25) is 0 Å². The second-order valence-corrected chi connectivity index (χ2v) is 7.66. The molecule has 0 aromatic carbocycles. The SMILES string of the molecule is [CH2]CCCCC.[Cl][InH][Cl]. The van der Waals surface area contributed by atoms with Crippen molar-refractivity contribution < 1.29 is 0 Å². The molecule has 0 amide bonds. The monoisotopic (exact) mass is 271 g/mol. The van der Waals surface area contributed by atoms with Crippen molar-refractivity contribution in [3.05, 3.63) is 6.92 Å². The molecule has 3 heteroatoms. The van der Waals surface area contributed by atoms with Crippen molar-refractivity contribution in [3.8, 4) is 0 Å². The summed E-state index contributed by atoms with van der Waals surface area (Å²) in [6.07, 6.45) is 5.07. The molecule has 0 fully saturated rings. The molecule has 0 spiro atoms. The number of unbranched alkanes of at least 4 members (excludes halogenated alkanes) is 3. The van der Waals surface area contributed by atoms with E-state index >= 15 is 0 Å². The van der Waals surface area contributed by atoms with Gasteiger partial charge in [0.25, 0.3) is 0 Å². The quantitative estimate of drug-likeness (QED) is 0.692. The zero-order valence-corrected chi connectivity index (χ0v) is 11.5. The van der Waals surface area contributed by atoms with Crippen LogP contribution in [-0.4, -0.2) is 20.5 Å². The number of hydrogen-bond acceptors (Lipinski definition) is 0. The van der Waals surface area contributed by atoms with Crippen LogP contribution in [0.1, 0.15) is 32.6 Å². The average Bonchev–Trinajstić information content (AvgIpc) is 1.86. The Morgan fingerprint density at radius 2 is 1.78 bits per heavy atom. The van der Waals surface area contributed by atoms with Gasteiger partial charge in [0.05, 0.1) is 0 Å². The first-order valence-electron chi connectivity index (χ1n) is 3.24. The summed E-state index contributed by atoms with van der Waals surface area (Å²) in [4.78, 5) is 0. The van der Waals surface area contributed by atoms with Gasteiger partial charge >= 0.3 is 37.7 Å². The van der Waals surface area contributed by atoms with E-state index in [1.54, 1.807) is 0 Å². The predicted octanol–water partition coefficient (Wildman–Crippen LogP) is 3.13. The zero-order chi connectivity index (χ0) is 7.54. The number of halogens is 2. The first-order valence-corrected chi connectivity index (χ1v) is 13.5. The summed E-state index contributed by atoms with van der Waals surface area (Å²) in [6.45, 7) is 5.93. The Bertz CT molecular complexity index is 30.2. The van der Waals surface area contributed by atoms with E-state index in [2.05, 4.69) is 13.8 Å². The van der Waals surface area contributed by atoms with E-state index in [9.17, 15) is 0 Å². The van der Waals surface area contributed by atoms with Crippen molar-refractivity contribution in [1.29, 1.82) is 0 Å². The Labute approximate surface area is 76.8 Å². The Balaban J connectivity index is 0. The molecule has 55 valence electrons. The van der Waals surface area contributed by atoms with Crippen molar-refractivity contribution in [2.45, 2.75) is 32.6 Å². The van der Waals surface area contributed by atoms with Crippen LogP contribution in [0.15, 0.2) is 0 Å². The van der Waals surface area contributed by atoms with E-state index in [-0.39, 0.29) is 0 Å². The third-order valence-electron chi connectivity index (χ3n) is 0.854. The fourth-order valence-corrected chi connectivity index (χ4v) is 0.427. The zero-order valence-electron chi connectivity index (χ0n) is 6.00. The molecule has 0 bridgehead atoms. The molecule has 0 aliphatic heterocycles. The summed E-state index contributed by atoms with van der Waals surface area (Å²) in [5.41, 5.74) is 0. The maximum atomic E-state index is 4.97. The molecule has 0 saturated heterocycles. The molecule has 0 heterocycles. The second kappa shape index (κ2) is 16.2. The van der Waals surface area contributed by atoms with Crippen LogP contribution in [0.5, 0.6) is 0 Å². The summed E-state index contributed by atoms with van der Waals surface area (Å²) < 4.78 is 0. The van der Waals surface area contributed by atoms with Gasteiger partial charge in [0.1, 0.15) is 0 Å². The molecule has 0 unspecified atom stereocenters. The fraction of sp³-hybridized carbons (Fsp3) is 0.833. The van der Waals surface area contributed by atoms with Crippen LogP contribution in [0, 0.1) is 6.92 Å². The third-order valence-corrected chi connectivity index (χ3v) is 0.854. The van der Waals surface area contributed by atoms with Gasteiger partial charge in [0, 0.05) is 0 Å². The van der Waals surface area contributed by atoms with Gasteiger partial charge in [-0.15, -0.1) is 0 Å². The molecule has 1 radical (unpaired) electrons. The standard InChI is InChI=1S/C6H13.2ClH.In.H/c1-3-5-6-4-2;;;;/h1,3-6H2,2H3;2*1H;;/q;;;+2;/p-2. The topological polar surface area (TPSA) is 0 Å². The summed E-state index contributed by atoms with van der Waals surface area (Å²) in [5, 5.41) is 0. The van der Waals surface area contributed by atoms with Crippen LogP contribution in [0.4, 0.5) is 0 Å². The van der Waals surface area contributed by atoms with E-state index in [1.807, 2.05) is 0 Å². The van der Waals surface area contributed by atoms with Crippen molar-refractivity contribution >= 4 is 37.7 Å². The molecule has 0 aliphatic carbocycles. The Morgan fingerprint density at radius 3 is 1.89 bits per heavy atom. The van der Waals surface area contributed by atoms with Gasteiger partial charge in [0.15, 0.2) is 0 Å². The normalized spacial score (nSPS) is 7.56. The Hall–Kier alpha value is 1.45. The van der Waals surface area contributed by atoms with Gasteiger partial charge in [-0.05, 0) is 0 Å². The maximum absolute atomic E-state index is 4.97. The van der Waals surface area contributed by atoms with E-state index < -0.39 is 20.5 Å². The molecule has 0 aliphatic rings. The fourth-order valence-electron chi connectivity index (χ4n) is 0.427. The van der Waals surface area contributed by atoms with Crippen LogP contribution in [-0.2, 0) is 0 Å². The van der Waals surface area contributed by atoms with Gasteiger partial charge in [-0.2, -0.15) is 0 Å². The third kappa shape index (κ3) is 26.5. The summed E-state index contributed by atoms with van der Waals surface area (Å²) in [5.74, 6) is 0. The summed E-state index contributed by atoms with van der Waals surface area (Å²) in [7, 11) is 9.95. The van der Waals surface area contributed by atoms with E-state index in [4.69, 9.17) is 17.2 Å². The van der Waals surface area contributed by atoms with Crippen molar-refractivity contribution in [2.24, 2.45) is 0 Å². The van der Waals surface area contributed by atoms with Gasteiger partial charge in [-0.25, -0.2) is 0 Å². The van der Waals surface area contributed by atoms with Gasteiger partial charge in [-0.1, -0.05) is 39.5 Å². The molecule has 0 saturated carbocycles. The minimum atomic E-state index is -1.07. The molecule has 0 rings (SSSR count). The van der Waals surface area contributed by atoms with Crippen LogP contribution < -0.4 is 0 Å². The molecular formula is C6H14Cl2In. The van der Waals surface area contributed by atoms with Gasteiger partial charge in [-0.3, -0.25) is 0 Å². The van der Waals surface area contributed by atoms with E-state index in [0.717, 1.165) is 6.42 Å². The van der Waals surface area contributed by atoms with Gasteiger partial charge < -0.3 is 0 Å².